The van der Waals surface area contributed by atoms with Crippen molar-refractivity contribution >= 4 is 23.3 Å². The van der Waals surface area contributed by atoms with Gasteiger partial charge in [0.2, 0.25) is 0 Å². The fourth-order valence-electron chi connectivity index (χ4n) is 4.58. The number of piperidine rings is 1. The number of fused-ring (bicyclic) bond motifs is 1. The van der Waals surface area contributed by atoms with Crippen molar-refractivity contribution in [1.29, 1.82) is 0 Å². The van der Waals surface area contributed by atoms with Gasteiger partial charge in [0.1, 0.15) is 11.4 Å². The van der Waals surface area contributed by atoms with Gasteiger partial charge < -0.3 is 19.7 Å². The molecule has 5 rings (SSSR count). The zero-order valence-corrected chi connectivity index (χ0v) is 20.7. The summed E-state index contributed by atoms with van der Waals surface area (Å²) in [6, 6.07) is 9.88. The molecule has 4 heterocycles. The molecule has 0 saturated carbocycles. The van der Waals surface area contributed by atoms with Gasteiger partial charge in [0.05, 0.1) is 23.3 Å². The molecule has 1 amide bonds. The van der Waals surface area contributed by atoms with Crippen LogP contribution in [-0.2, 0) is 11.3 Å². The van der Waals surface area contributed by atoms with Gasteiger partial charge in [-0.15, -0.1) is 11.3 Å². The Morgan fingerprint density at radius 2 is 2.11 bits per heavy atom. The molecule has 35 heavy (non-hydrogen) atoms. The largest absolute Gasteiger partial charge is 0.482 e. The number of hydrogen-bond donors (Lipinski definition) is 1. The summed E-state index contributed by atoms with van der Waals surface area (Å²) >= 11 is 1.52. The van der Waals surface area contributed by atoms with Crippen LogP contribution < -0.4 is 10.1 Å². The molecule has 8 heteroatoms. The molecule has 0 unspecified atom stereocenters. The van der Waals surface area contributed by atoms with Crippen LogP contribution >= 0.6 is 11.3 Å². The SMILES string of the molecule is COCCCN1CCC2(C=Cc3cc(-c4ccc(C(=O)NCc5cncs5)cn4)ccc3O2)CC1. The van der Waals surface area contributed by atoms with E-state index in [1.807, 2.05) is 24.3 Å². The molecule has 1 saturated heterocycles. The number of rotatable bonds is 8. The highest BCUT2D eigenvalue weighted by Crippen LogP contribution is 2.38. The van der Waals surface area contributed by atoms with Crippen molar-refractivity contribution in [2.24, 2.45) is 0 Å². The Balaban J connectivity index is 1.20. The minimum Gasteiger partial charge on any atom is -0.482 e. The van der Waals surface area contributed by atoms with E-state index >= 15 is 0 Å². The minimum absolute atomic E-state index is 0.144. The van der Waals surface area contributed by atoms with Crippen molar-refractivity contribution in [3.05, 3.63) is 70.3 Å². The lowest BCUT2D eigenvalue weighted by Crippen LogP contribution is -2.47. The molecule has 0 aliphatic carbocycles. The van der Waals surface area contributed by atoms with Crippen LogP contribution in [0.1, 0.15) is 40.1 Å². The van der Waals surface area contributed by atoms with Crippen LogP contribution in [0.25, 0.3) is 17.3 Å². The van der Waals surface area contributed by atoms with Gasteiger partial charge in [0.25, 0.3) is 5.91 Å². The zero-order chi connectivity index (χ0) is 24.1. The minimum atomic E-state index is -0.210. The number of nitrogens with zero attached hydrogens (tertiary/aromatic N) is 3. The Morgan fingerprint density at radius 1 is 1.23 bits per heavy atom. The maximum atomic E-state index is 12.4. The lowest BCUT2D eigenvalue weighted by atomic mass is 9.87. The third kappa shape index (κ3) is 5.61. The zero-order valence-electron chi connectivity index (χ0n) is 19.9. The van der Waals surface area contributed by atoms with Gasteiger partial charge >= 0.3 is 0 Å². The second-order valence-electron chi connectivity index (χ2n) is 9.02. The topological polar surface area (TPSA) is 76.6 Å². The highest BCUT2D eigenvalue weighted by molar-refractivity contribution is 7.09. The first kappa shape index (κ1) is 23.7. The molecule has 7 nitrogen and oxygen atoms in total. The van der Waals surface area contributed by atoms with Crippen LogP contribution in [-0.4, -0.2) is 59.7 Å². The van der Waals surface area contributed by atoms with Gasteiger partial charge in [0.15, 0.2) is 0 Å². The lowest BCUT2D eigenvalue weighted by molar-refractivity contribution is 0.0360. The first-order valence-corrected chi connectivity index (χ1v) is 12.9. The Hall–Kier alpha value is -3.07. The van der Waals surface area contributed by atoms with Gasteiger partial charge in [0, 0.05) is 74.6 Å². The van der Waals surface area contributed by atoms with Gasteiger partial charge in [-0.3, -0.25) is 14.8 Å². The van der Waals surface area contributed by atoms with Gasteiger partial charge in [-0.05, 0) is 42.8 Å². The maximum Gasteiger partial charge on any atom is 0.253 e. The van der Waals surface area contributed by atoms with Crippen LogP contribution in [0, 0.1) is 0 Å². The van der Waals surface area contributed by atoms with E-state index < -0.39 is 0 Å². The molecule has 1 fully saturated rings. The number of carbonyl (C=O) groups excluding carboxylic acids is 1. The summed E-state index contributed by atoms with van der Waals surface area (Å²) in [7, 11) is 1.76. The number of ether oxygens (including phenoxy) is 2. The highest BCUT2D eigenvalue weighted by atomic mass is 32.1. The first-order valence-electron chi connectivity index (χ1n) is 12.0. The van der Waals surface area contributed by atoms with Crippen LogP contribution in [0.4, 0.5) is 0 Å². The molecule has 2 aliphatic heterocycles. The summed E-state index contributed by atoms with van der Waals surface area (Å²) in [6.45, 7) is 4.43. The van der Waals surface area contributed by atoms with E-state index in [9.17, 15) is 4.79 Å². The van der Waals surface area contributed by atoms with Gasteiger partial charge in [-0.25, -0.2) is 0 Å². The van der Waals surface area contributed by atoms with E-state index in [2.05, 4.69) is 38.4 Å². The molecule has 3 aromatic rings. The number of thiazole rings is 1. The summed E-state index contributed by atoms with van der Waals surface area (Å²) in [6.07, 6.45) is 10.9. The molecule has 0 radical (unpaired) electrons. The Morgan fingerprint density at radius 3 is 2.86 bits per heavy atom. The van der Waals surface area contributed by atoms with Crippen molar-refractivity contribution in [1.82, 2.24) is 20.2 Å². The van der Waals surface area contributed by atoms with E-state index in [1.165, 1.54) is 11.3 Å². The average molecular weight is 491 g/mol. The third-order valence-corrected chi connectivity index (χ3v) is 7.42. The summed E-state index contributed by atoms with van der Waals surface area (Å²) in [5, 5.41) is 2.90. The van der Waals surface area contributed by atoms with Crippen molar-refractivity contribution in [3.8, 4) is 17.0 Å². The van der Waals surface area contributed by atoms with Crippen LogP contribution in [0.2, 0.25) is 0 Å². The number of pyridine rings is 1. The van der Waals surface area contributed by atoms with Crippen molar-refractivity contribution in [2.45, 2.75) is 31.4 Å². The predicted octanol–water partition coefficient (Wildman–Crippen LogP) is 4.41. The molecule has 1 aromatic carbocycles. The average Bonchev–Trinajstić information content (AvgIpc) is 3.42. The van der Waals surface area contributed by atoms with Crippen LogP contribution in [0.15, 0.2) is 54.3 Å². The molecule has 182 valence electrons. The molecular weight excluding hydrogens is 460 g/mol. The van der Waals surface area contributed by atoms with E-state index in [0.29, 0.717) is 12.1 Å². The predicted molar refractivity (Wildman–Crippen MR) is 138 cm³/mol. The van der Waals surface area contributed by atoms with Gasteiger partial charge in [-0.1, -0.05) is 6.08 Å². The standard InChI is InChI=1S/C27H30N4O3S/c1-33-14-2-11-31-12-9-27(10-13-31)8-7-21-15-20(4-6-25(21)34-27)24-5-3-22(16-29-24)26(32)30-18-23-17-28-19-35-23/h3-8,15-17,19H,2,9-14,18H2,1H3,(H,30,32). The number of nitrogens with one attached hydrogen (secondary N) is 1. The fraction of sp³-hybridized carbons (Fsp3) is 0.370. The summed E-state index contributed by atoms with van der Waals surface area (Å²) in [5.74, 6) is 0.775. The van der Waals surface area contributed by atoms with Crippen molar-refractivity contribution in [3.63, 3.8) is 0 Å². The van der Waals surface area contributed by atoms with Crippen LogP contribution in [0.3, 0.4) is 0 Å². The normalized spacial score (nSPS) is 16.6. The molecule has 0 atom stereocenters. The van der Waals surface area contributed by atoms with E-state index in [1.54, 1.807) is 25.0 Å². The molecule has 1 N–H and O–H groups in total. The number of hydrogen-bond acceptors (Lipinski definition) is 7. The quantitative estimate of drug-likeness (QED) is 0.472. The molecule has 2 aromatic heterocycles. The smallest absolute Gasteiger partial charge is 0.253 e. The monoisotopic (exact) mass is 490 g/mol. The summed E-state index contributed by atoms with van der Waals surface area (Å²) in [5.41, 5.74) is 4.96. The van der Waals surface area contributed by atoms with Crippen molar-refractivity contribution in [2.75, 3.05) is 33.4 Å². The number of carbonyl (C=O) groups is 1. The Kier molecular flexibility index (Phi) is 7.22. The van der Waals surface area contributed by atoms with E-state index in [-0.39, 0.29) is 11.5 Å². The van der Waals surface area contributed by atoms with Crippen LogP contribution in [0.5, 0.6) is 5.75 Å². The number of amides is 1. The highest BCUT2D eigenvalue weighted by Gasteiger charge is 2.36. The fourth-order valence-corrected chi connectivity index (χ4v) is 5.11. The third-order valence-electron chi connectivity index (χ3n) is 6.64. The Bertz CT molecular complexity index is 1170. The maximum absolute atomic E-state index is 12.4. The number of benzene rings is 1. The van der Waals surface area contributed by atoms with E-state index in [4.69, 9.17) is 9.47 Å². The first-order chi connectivity index (χ1) is 17.1. The van der Waals surface area contributed by atoms with Crippen molar-refractivity contribution < 1.29 is 14.3 Å². The summed E-state index contributed by atoms with van der Waals surface area (Å²) < 4.78 is 11.7. The molecular formula is C27H30N4O3S. The second kappa shape index (κ2) is 10.7. The second-order valence-corrected chi connectivity index (χ2v) is 9.99. The molecule has 2 aliphatic rings. The van der Waals surface area contributed by atoms with Gasteiger partial charge in [-0.2, -0.15) is 0 Å². The number of aromatic nitrogens is 2. The lowest BCUT2D eigenvalue weighted by Gasteiger charge is -2.42. The number of methoxy groups -OCH3 is 1. The molecule has 1 spiro atoms. The number of likely N-dealkylation sites (tertiary alicyclic amines) is 1. The Labute approximate surface area is 209 Å². The molecule has 0 bridgehead atoms. The summed E-state index contributed by atoms with van der Waals surface area (Å²) in [4.78, 5) is 24.5. The van der Waals surface area contributed by atoms with E-state index in [0.717, 1.165) is 73.0 Å².